The summed E-state index contributed by atoms with van der Waals surface area (Å²) in [5, 5.41) is 2.81. The minimum absolute atomic E-state index is 0.00879. The molecule has 0 aliphatic carbocycles. The normalized spacial score (nSPS) is 10.3. The van der Waals surface area contributed by atoms with Gasteiger partial charge in [-0.05, 0) is 37.6 Å². The van der Waals surface area contributed by atoms with Crippen LogP contribution in [0.3, 0.4) is 0 Å². The molecule has 0 spiro atoms. The molecule has 2 rings (SSSR count). The van der Waals surface area contributed by atoms with E-state index in [2.05, 4.69) is 10.3 Å². The summed E-state index contributed by atoms with van der Waals surface area (Å²) in [6, 6.07) is 6.71. The Bertz CT molecular complexity index is 620. The smallest absolute Gasteiger partial charge is 0.321 e. The predicted octanol–water partition coefficient (Wildman–Crippen LogP) is 2.64. The van der Waals surface area contributed by atoms with Crippen molar-refractivity contribution in [2.24, 2.45) is 0 Å². The van der Waals surface area contributed by atoms with E-state index in [0.717, 1.165) is 13.0 Å². The van der Waals surface area contributed by atoms with Crippen LogP contribution in [0, 0.1) is 0 Å². The van der Waals surface area contributed by atoms with Crippen molar-refractivity contribution < 1.29 is 9.59 Å². The number of hydrogen-bond donors (Lipinski definition) is 1. The van der Waals surface area contributed by atoms with E-state index in [9.17, 15) is 9.59 Å². The maximum atomic E-state index is 12.1. The number of hydrogen-bond acceptors (Lipinski definition) is 3. The maximum Gasteiger partial charge on any atom is 0.321 e. The van der Waals surface area contributed by atoms with E-state index in [1.54, 1.807) is 48.7 Å². The highest BCUT2D eigenvalue weighted by molar-refractivity contribution is 5.95. The zero-order valence-corrected chi connectivity index (χ0v) is 12.8. The van der Waals surface area contributed by atoms with Crippen molar-refractivity contribution in [3.8, 4) is 0 Å². The number of nitrogens with one attached hydrogen (secondary N) is 1. The van der Waals surface area contributed by atoms with Crippen molar-refractivity contribution >= 4 is 17.5 Å². The number of amides is 2. The SMILES string of the molecule is CC(=O)c1ccc(NC(=O)N(C)CCCn2ccnc2)cc1. The van der Waals surface area contributed by atoms with Gasteiger partial charge in [0.05, 0.1) is 6.33 Å². The van der Waals surface area contributed by atoms with E-state index >= 15 is 0 Å². The average molecular weight is 300 g/mol. The molecule has 0 saturated heterocycles. The lowest BCUT2D eigenvalue weighted by Crippen LogP contribution is -2.32. The van der Waals surface area contributed by atoms with E-state index < -0.39 is 0 Å². The summed E-state index contributed by atoms with van der Waals surface area (Å²) in [6.07, 6.45) is 6.25. The van der Waals surface area contributed by atoms with Gasteiger partial charge >= 0.3 is 6.03 Å². The van der Waals surface area contributed by atoms with Gasteiger partial charge in [-0.1, -0.05) is 0 Å². The van der Waals surface area contributed by atoms with Crippen LogP contribution in [0.25, 0.3) is 0 Å². The second kappa shape index (κ2) is 7.40. The molecule has 0 saturated carbocycles. The summed E-state index contributed by atoms with van der Waals surface area (Å²) >= 11 is 0. The summed E-state index contributed by atoms with van der Waals surface area (Å²) in [5.41, 5.74) is 1.31. The summed E-state index contributed by atoms with van der Waals surface area (Å²) in [5.74, 6) is 0.00879. The van der Waals surface area contributed by atoms with Gasteiger partial charge in [0.2, 0.25) is 0 Å². The lowest BCUT2D eigenvalue weighted by Gasteiger charge is -2.18. The first-order valence-corrected chi connectivity index (χ1v) is 7.15. The Labute approximate surface area is 129 Å². The van der Waals surface area contributed by atoms with Gasteiger partial charge in [-0.25, -0.2) is 9.78 Å². The molecule has 0 aliphatic heterocycles. The molecule has 22 heavy (non-hydrogen) atoms. The number of imidazole rings is 1. The number of ketones is 1. The number of urea groups is 1. The number of aromatic nitrogens is 2. The van der Waals surface area contributed by atoms with Gasteiger partial charge in [0.15, 0.2) is 5.78 Å². The van der Waals surface area contributed by atoms with Crippen molar-refractivity contribution in [1.82, 2.24) is 14.5 Å². The fourth-order valence-corrected chi connectivity index (χ4v) is 2.02. The first-order valence-electron chi connectivity index (χ1n) is 7.15. The van der Waals surface area contributed by atoms with Crippen molar-refractivity contribution in [1.29, 1.82) is 0 Å². The molecule has 1 aromatic heterocycles. The fourth-order valence-electron chi connectivity index (χ4n) is 2.02. The largest absolute Gasteiger partial charge is 0.337 e. The monoisotopic (exact) mass is 300 g/mol. The molecule has 0 aliphatic rings. The van der Waals surface area contributed by atoms with Crippen LogP contribution >= 0.6 is 0 Å². The third-order valence-electron chi connectivity index (χ3n) is 3.36. The number of benzene rings is 1. The Morgan fingerprint density at radius 2 is 2.00 bits per heavy atom. The van der Waals surface area contributed by atoms with Gasteiger partial charge in [0.1, 0.15) is 0 Å². The molecule has 0 atom stereocenters. The second-order valence-electron chi connectivity index (χ2n) is 5.14. The van der Waals surface area contributed by atoms with Crippen LogP contribution in [0.5, 0.6) is 0 Å². The van der Waals surface area contributed by atoms with Gasteiger partial charge < -0.3 is 14.8 Å². The lowest BCUT2D eigenvalue weighted by molar-refractivity contribution is 0.101. The lowest BCUT2D eigenvalue weighted by atomic mass is 10.1. The van der Waals surface area contributed by atoms with Crippen molar-refractivity contribution in [3.63, 3.8) is 0 Å². The zero-order chi connectivity index (χ0) is 15.9. The number of anilines is 1. The van der Waals surface area contributed by atoms with Crippen LogP contribution in [0.4, 0.5) is 10.5 Å². The quantitative estimate of drug-likeness (QED) is 0.834. The topological polar surface area (TPSA) is 67.2 Å². The third kappa shape index (κ3) is 4.44. The number of aryl methyl sites for hydroxylation is 1. The molecule has 1 N–H and O–H groups in total. The molecule has 116 valence electrons. The molecule has 2 aromatic rings. The molecular weight excluding hydrogens is 280 g/mol. The summed E-state index contributed by atoms with van der Waals surface area (Å²) < 4.78 is 1.98. The molecule has 0 radical (unpaired) electrons. The van der Waals surface area contributed by atoms with E-state index in [1.807, 2.05) is 10.8 Å². The van der Waals surface area contributed by atoms with Crippen molar-refractivity contribution in [3.05, 3.63) is 48.5 Å². The average Bonchev–Trinajstić information content (AvgIpc) is 3.01. The number of carbonyl (C=O) groups is 2. The van der Waals surface area contributed by atoms with Gasteiger partial charge in [-0.15, -0.1) is 0 Å². The van der Waals surface area contributed by atoms with Crippen LogP contribution in [0.1, 0.15) is 23.7 Å². The molecule has 0 fully saturated rings. The Morgan fingerprint density at radius 3 is 2.59 bits per heavy atom. The van der Waals surface area contributed by atoms with Crippen LogP contribution < -0.4 is 5.32 Å². The highest BCUT2D eigenvalue weighted by Gasteiger charge is 2.08. The Balaban J connectivity index is 1.79. The first-order chi connectivity index (χ1) is 10.6. The molecular formula is C16H20N4O2. The number of nitrogens with zero attached hydrogens (tertiary/aromatic N) is 3. The molecule has 1 heterocycles. The zero-order valence-electron chi connectivity index (χ0n) is 12.8. The van der Waals surface area contributed by atoms with Crippen molar-refractivity contribution in [2.75, 3.05) is 18.9 Å². The molecule has 0 unspecified atom stereocenters. The summed E-state index contributed by atoms with van der Waals surface area (Å²) in [4.78, 5) is 28.9. The Kier molecular flexibility index (Phi) is 5.30. The molecule has 0 bridgehead atoms. The van der Waals surface area contributed by atoms with Gasteiger partial charge in [-0.3, -0.25) is 4.79 Å². The van der Waals surface area contributed by atoms with Crippen molar-refractivity contribution in [2.45, 2.75) is 19.9 Å². The van der Waals surface area contributed by atoms with Gasteiger partial charge in [0.25, 0.3) is 0 Å². The highest BCUT2D eigenvalue weighted by atomic mass is 16.2. The van der Waals surface area contributed by atoms with Crippen LogP contribution in [-0.2, 0) is 6.54 Å². The van der Waals surface area contributed by atoms with E-state index in [-0.39, 0.29) is 11.8 Å². The van der Waals surface area contributed by atoms with Crippen LogP contribution in [0.15, 0.2) is 43.0 Å². The summed E-state index contributed by atoms with van der Waals surface area (Å²) in [6.45, 7) is 2.99. The van der Waals surface area contributed by atoms with E-state index in [1.165, 1.54) is 6.92 Å². The van der Waals surface area contributed by atoms with E-state index in [0.29, 0.717) is 17.8 Å². The van der Waals surface area contributed by atoms with Gasteiger partial charge in [0, 0.05) is 43.8 Å². The first kappa shape index (κ1) is 15.8. The van der Waals surface area contributed by atoms with E-state index in [4.69, 9.17) is 0 Å². The van der Waals surface area contributed by atoms with Gasteiger partial charge in [-0.2, -0.15) is 0 Å². The molecule has 6 heteroatoms. The number of Topliss-reactive ketones (excluding diaryl/α,β-unsaturated/α-hetero) is 1. The fraction of sp³-hybridized carbons (Fsp3) is 0.312. The third-order valence-corrected chi connectivity index (χ3v) is 3.36. The van der Waals surface area contributed by atoms with Crippen LogP contribution in [0.2, 0.25) is 0 Å². The number of rotatable bonds is 6. The number of carbonyl (C=O) groups excluding carboxylic acids is 2. The second-order valence-corrected chi connectivity index (χ2v) is 5.14. The molecule has 2 amide bonds. The minimum atomic E-state index is -0.166. The minimum Gasteiger partial charge on any atom is -0.337 e. The maximum absolute atomic E-state index is 12.1. The Morgan fingerprint density at radius 1 is 1.27 bits per heavy atom. The van der Waals surface area contributed by atoms with Crippen LogP contribution in [-0.4, -0.2) is 39.9 Å². The standard InChI is InChI=1S/C16H20N4O2/c1-13(21)14-4-6-15(7-5-14)18-16(22)19(2)9-3-10-20-11-8-17-12-20/h4-8,11-12H,3,9-10H2,1-2H3,(H,18,22). The molecule has 6 nitrogen and oxygen atoms in total. The highest BCUT2D eigenvalue weighted by Crippen LogP contribution is 2.10. The molecule has 1 aromatic carbocycles. The predicted molar refractivity (Wildman–Crippen MR) is 84.9 cm³/mol. The summed E-state index contributed by atoms with van der Waals surface area (Å²) in [7, 11) is 1.76. The Hall–Kier alpha value is -2.63.